The zero-order valence-electron chi connectivity index (χ0n) is 18.2. The minimum atomic E-state index is -0.997. The van der Waals surface area contributed by atoms with E-state index in [0.717, 1.165) is 5.56 Å². The average Bonchev–Trinajstić information content (AvgIpc) is 3.06. The number of aromatic nitrogens is 2. The third kappa shape index (κ3) is 5.12. The van der Waals surface area contributed by atoms with Gasteiger partial charge in [-0.1, -0.05) is 38.1 Å². The van der Waals surface area contributed by atoms with Gasteiger partial charge in [0.15, 0.2) is 16.6 Å². The molecule has 0 radical (unpaired) electrons. The largest absolute Gasteiger partial charge is 0.504 e. The summed E-state index contributed by atoms with van der Waals surface area (Å²) in [5.41, 5.74) is 6.99. The first-order chi connectivity index (χ1) is 15.2. The molecular weight excluding hydrogens is 426 g/mol. The summed E-state index contributed by atoms with van der Waals surface area (Å²) >= 11 is 5.23. The molecule has 0 aliphatic heterocycles. The zero-order valence-corrected chi connectivity index (χ0v) is 19.1. The quantitative estimate of drug-likeness (QED) is 0.251. The highest BCUT2D eigenvalue weighted by Crippen LogP contribution is 2.32. The number of carboxylic acids is 1. The molecule has 4 N–H and O–H groups in total. The second-order valence-electron chi connectivity index (χ2n) is 7.59. The Hall–Kier alpha value is -3.72. The Kier molecular flexibility index (Phi) is 6.89. The van der Waals surface area contributed by atoms with Crippen LogP contribution < -0.4 is 10.7 Å². The molecule has 0 spiro atoms. The van der Waals surface area contributed by atoms with Gasteiger partial charge in [-0.25, -0.2) is 4.79 Å². The van der Waals surface area contributed by atoms with Gasteiger partial charge in [0.1, 0.15) is 5.69 Å². The van der Waals surface area contributed by atoms with Gasteiger partial charge >= 0.3 is 5.97 Å². The van der Waals surface area contributed by atoms with Gasteiger partial charge in [0, 0.05) is 18.3 Å². The molecule has 0 unspecified atom stereocenters. The molecule has 3 rings (SSSR count). The van der Waals surface area contributed by atoms with E-state index in [0.29, 0.717) is 28.7 Å². The molecular formula is C23H25N5O3S. The van der Waals surface area contributed by atoms with Crippen molar-refractivity contribution in [3.8, 4) is 17.0 Å². The second-order valence-corrected chi connectivity index (χ2v) is 8.00. The number of carbonyl (C=O) groups is 1. The van der Waals surface area contributed by atoms with Crippen molar-refractivity contribution in [3.05, 3.63) is 65.4 Å². The van der Waals surface area contributed by atoms with Crippen molar-refractivity contribution in [1.29, 1.82) is 0 Å². The lowest BCUT2D eigenvalue weighted by molar-refractivity contribution is 0.0697. The lowest BCUT2D eigenvalue weighted by atomic mass is 10.0. The topological polar surface area (TPSA) is 112 Å². The van der Waals surface area contributed by atoms with Gasteiger partial charge in [-0.3, -0.25) is 10.1 Å². The van der Waals surface area contributed by atoms with Crippen molar-refractivity contribution in [3.63, 3.8) is 0 Å². The predicted molar refractivity (Wildman–Crippen MR) is 129 cm³/mol. The molecule has 1 aromatic heterocycles. The lowest BCUT2D eigenvalue weighted by Crippen LogP contribution is -2.25. The Morgan fingerprint density at radius 2 is 1.75 bits per heavy atom. The number of hydrazone groups is 1. The number of nitrogens with zero attached hydrogens (tertiary/aromatic N) is 3. The van der Waals surface area contributed by atoms with E-state index in [4.69, 9.17) is 17.3 Å². The molecule has 0 fully saturated rings. The fourth-order valence-electron chi connectivity index (χ4n) is 3.15. The number of aromatic hydroxyl groups is 1. The third-order valence-electron chi connectivity index (χ3n) is 4.93. The molecule has 0 aliphatic carbocycles. The Labute approximate surface area is 191 Å². The van der Waals surface area contributed by atoms with Crippen LogP contribution in [0.4, 0.5) is 5.69 Å². The fraction of sp³-hybridized carbons (Fsp3) is 0.217. The van der Waals surface area contributed by atoms with Crippen molar-refractivity contribution in [2.75, 3.05) is 5.32 Å². The average molecular weight is 452 g/mol. The number of nitrogens with one attached hydrogen (secondary N) is 2. The molecule has 0 aliphatic rings. The number of hydrogen-bond donors (Lipinski definition) is 4. The van der Waals surface area contributed by atoms with Gasteiger partial charge in [0.2, 0.25) is 0 Å². The monoisotopic (exact) mass is 451 g/mol. The first kappa shape index (κ1) is 23.0. The van der Waals surface area contributed by atoms with E-state index in [-0.39, 0.29) is 16.4 Å². The van der Waals surface area contributed by atoms with Crippen LogP contribution in [-0.2, 0) is 7.05 Å². The van der Waals surface area contributed by atoms with Gasteiger partial charge in [0.25, 0.3) is 0 Å². The van der Waals surface area contributed by atoms with Crippen molar-refractivity contribution in [2.24, 2.45) is 12.1 Å². The van der Waals surface area contributed by atoms with Gasteiger partial charge in [-0.05, 0) is 54.9 Å². The number of carboxylic acid groups (broad SMARTS) is 1. The molecule has 0 saturated heterocycles. The smallest absolute Gasteiger partial charge is 0.335 e. The molecule has 9 heteroatoms. The molecule has 0 atom stereocenters. The maximum atomic E-state index is 10.9. The summed E-state index contributed by atoms with van der Waals surface area (Å²) < 4.78 is 1.62. The zero-order chi connectivity index (χ0) is 23.4. The molecule has 3 aromatic rings. The van der Waals surface area contributed by atoms with Gasteiger partial charge < -0.3 is 15.5 Å². The molecule has 2 aromatic carbocycles. The molecule has 0 saturated carbocycles. The first-order valence-corrected chi connectivity index (χ1v) is 10.4. The van der Waals surface area contributed by atoms with Crippen molar-refractivity contribution in [1.82, 2.24) is 15.2 Å². The Morgan fingerprint density at radius 1 is 1.12 bits per heavy atom. The van der Waals surface area contributed by atoms with Crippen molar-refractivity contribution >= 4 is 34.7 Å². The molecule has 166 valence electrons. The molecule has 0 bridgehead atoms. The van der Waals surface area contributed by atoms with Crippen molar-refractivity contribution < 1.29 is 15.0 Å². The number of rotatable bonds is 6. The van der Waals surface area contributed by atoms with E-state index in [1.54, 1.807) is 30.8 Å². The number of hydrogen-bond acceptors (Lipinski definition) is 5. The first-order valence-electron chi connectivity index (χ1n) is 9.98. The minimum absolute atomic E-state index is 0.0379. The van der Waals surface area contributed by atoms with E-state index < -0.39 is 5.97 Å². The molecule has 32 heavy (non-hydrogen) atoms. The van der Waals surface area contributed by atoms with Crippen LogP contribution in [0.15, 0.2) is 53.6 Å². The van der Waals surface area contributed by atoms with Gasteiger partial charge in [0.05, 0.1) is 11.3 Å². The third-order valence-corrected chi connectivity index (χ3v) is 5.12. The Bertz CT molecular complexity index is 1170. The van der Waals surface area contributed by atoms with Crippen molar-refractivity contribution in [2.45, 2.75) is 26.7 Å². The van der Waals surface area contributed by atoms with Crippen LogP contribution in [0.25, 0.3) is 11.3 Å². The van der Waals surface area contributed by atoms with E-state index in [1.807, 2.05) is 24.3 Å². The molecule has 0 amide bonds. The highest BCUT2D eigenvalue weighted by atomic mass is 32.1. The molecule has 1 heterocycles. The maximum absolute atomic E-state index is 10.9. The normalized spacial score (nSPS) is 11.5. The van der Waals surface area contributed by atoms with Crippen LogP contribution in [0.3, 0.4) is 0 Å². The maximum Gasteiger partial charge on any atom is 0.335 e. The summed E-state index contributed by atoms with van der Waals surface area (Å²) in [5, 5.41) is 31.5. The number of aryl methyl sites for hydroxylation is 1. The summed E-state index contributed by atoms with van der Waals surface area (Å²) in [4.78, 5) is 10.9. The summed E-state index contributed by atoms with van der Waals surface area (Å²) in [5.74, 6) is -0.536. The lowest BCUT2D eigenvalue weighted by Gasteiger charge is -2.08. The summed E-state index contributed by atoms with van der Waals surface area (Å²) in [6.07, 6.45) is 0. The van der Waals surface area contributed by atoms with E-state index in [1.165, 1.54) is 17.7 Å². The highest BCUT2D eigenvalue weighted by molar-refractivity contribution is 7.80. The van der Waals surface area contributed by atoms with Gasteiger partial charge in [-0.2, -0.15) is 10.2 Å². The second kappa shape index (κ2) is 9.61. The van der Waals surface area contributed by atoms with Crippen LogP contribution in [0.5, 0.6) is 5.75 Å². The summed E-state index contributed by atoms with van der Waals surface area (Å²) in [6.45, 7) is 5.97. The van der Waals surface area contributed by atoms with Crippen LogP contribution in [-0.4, -0.2) is 36.8 Å². The highest BCUT2D eigenvalue weighted by Gasteiger charge is 2.19. The van der Waals surface area contributed by atoms with Gasteiger partial charge in [-0.15, -0.1) is 0 Å². The Morgan fingerprint density at radius 3 is 2.31 bits per heavy atom. The number of thiocarbonyl (C=S) groups is 1. The standard InChI is InChI=1S/C23H25N5O3S/c1-13(2)15-5-7-16(8-6-15)20-21(29)19(27-28(20)4)14(3)25-26-23(32)24-18-11-9-17(10-12-18)22(30)31/h5-13,29H,1-4H3,(H,30,31)(H2,24,26,32)/b25-14+. The Balaban J connectivity index is 1.73. The fourth-order valence-corrected chi connectivity index (χ4v) is 3.31. The van der Waals surface area contributed by atoms with E-state index >= 15 is 0 Å². The number of anilines is 1. The predicted octanol–water partition coefficient (Wildman–Crippen LogP) is 4.32. The van der Waals surface area contributed by atoms with Crippen LogP contribution >= 0.6 is 12.2 Å². The summed E-state index contributed by atoms with van der Waals surface area (Å²) in [6, 6.07) is 14.2. The number of aromatic carboxylic acids is 1. The van der Waals surface area contributed by atoms with E-state index in [2.05, 4.69) is 34.8 Å². The van der Waals surface area contributed by atoms with Crippen LogP contribution in [0.1, 0.15) is 48.3 Å². The number of benzene rings is 2. The van der Waals surface area contributed by atoms with Crippen LogP contribution in [0.2, 0.25) is 0 Å². The van der Waals surface area contributed by atoms with E-state index in [9.17, 15) is 9.90 Å². The minimum Gasteiger partial charge on any atom is -0.504 e. The SMILES string of the molecule is C/C(=N\NC(=S)Nc1ccc(C(=O)O)cc1)c1nn(C)c(-c2ccc(C(C)C)cc2)c1O. The molecule has 8 nitrogen and oxygen atoms in total. The van der Waals surface area contributed by atoms with Crippen LogP contribution in [0, 0.1) is 0 Å². The summed E-state index contributed by atoms with van der Waals surface area (Å²) in [7, 11) is 1.77.